The minimum Gasteiger partial charge on any atom is -0.508 e. The Kier molecular flexibility index (Phi) is 4.24. The van der Waals surface area contributed by atoms with Gasteiger partial charge in [-0.05, 0) is 44.5 Å². The summed E-state index contributed by atoms with van der Waals surface area (Å²) in [5.41, 5.74) is 2.26. The highest BCUT2D eigenvalue weighted by molar-refractivity contribution is 5.62. The van der Waals surface area contributed by atoms with Crippen LogP contribution in [0.25, 0.3) is 17.1 Å². The van der Waals surface area contributed by atoms with E-state index in [4.69, 9.17) is 0 Å². The number of nitrogens with zero attached hydrogens (tertiary/aromatic N) is 4. The zero-order valence-corrected chi connectivity index (χ0v) is 12.9. The summed E-state index contributed by atoms with van der Waals surface area (Å²) >= 11 is 0. The van der Waals surface area contributed by atoms with Crippen LogP contribution in [0.4, 0.5) is 0 Å². The van der Waals surface area contributed by atoms with Crippen molar-refractivity contribution in [3.05, 3.63) is 43.0 Å². The lowest BCUT2D eigenvalue weighted by molar-refractivity contribution is 0.194. The van der Waals surface area contributed by atoms with E-state index in [9.17, 15) is 5.11 Å². The third-order valence-corrected chi connectivity index (χ3v) is 4.18. The second-order valence-electron chi connectivity index (χ2n) is 6.10. The van der Waals surface area contributed by atoms with Gasteiger partial charge in [-0.3, -0.25) is 4.98 Å². The smallest absolute Gasteiger partial charge is 0.115 e. The third-order valence-electron chi connectivity index (χ3n) is 4.18. The summed E-state index contributed by atoms with van der Waals surface area (Å²) in [4.78, 5) is 11.2. The zero-order chi connectivity index (χ0) is 15.5. The Morgan fingerprint density at radius 1 is 1.41 bits per heavy atom. The van der Waals surface area contributed by atoms with E-state index in [0.717, 1.165) is 24.5 Å². The minimum absolute atomic E-state index is 0.0494. The highest BCUT2D eigenvalue weighted by Crippen LogP contribution is 2.21. The number of pyridine rings is 1. The first-order chi connectivity index (χ1) is 10.6. The molecule has 0 saturated carbocycles. The predicted octanol–water partition coefficient (Wildman–Crippen LogP) is 2.82. The Labute approximate surface area is 130 Å². The van der Waals surface area contributed by atoms with Gasteiger partial charge in [0.2, 0.25) is 0 Å². The molecule has 1 aliphatic rings. The molecule has 2 aromatic heterocycles. The van der Waals surface area contributed by atoms with E-state index in [-0.39, 0.29) is 5.76 Å². The van der Waals surface area contributed by atoms with E-state index in [1.165, 1.54) is 19.4 Å². The molecule has 0 radical (unpaired) electrons. The Bertz CT molecular complexity index is 664. The molecule has 5 heteroatoms. The number of aromatic nitrogens is 3. The Balaban J connectivity index is 1.73. The molecule has 0 bridgehead atoms. The molecule has 5 nitrogen and oxygen atoms in total. The fourth-order valence-corrected chi connectivity index (χ4v) is 3.06. The molecule has 3 rings (SSSR count). The number of piperidine rings is 1. The number of hydrogen-bond donors (Lipinski definition) is 1. The first-order valence-corrected chi connectivity index (χ1v) is 7.67. The normalized spacial score (nSPS) is 19.2. The maximum absolute atomic E-state index is 9.49. The Morgan fingerprint density at radius 2 is 2.27 bits per heavy atom. The van der Waals surface area contributed by atoms with Crippen molar-refractivity contribution in [2.75, 3.05) is 20.1 Å². The molecule has 2 aromatic rings. The van der Waals surface area contributed by atoms with Gasteiger partial charge in [-0.15, -0.1) is 0 Å². The molecule has 1 unspecified atom stereocenters. The summed E-state index contributed by atoms with van der Waals surface area (Å²) in [5.74, 6) is 0.727. The van der Waals surface area contributed by atoms with Crippen LogP contribution in [0.15, 0.2) is 37.4 Å². The van der Waals surface area contributed by atoms with E-state index >= 15 is 0 Å². The summed E-state index contributed by atoms with van der Waals surface area (Å²) in [7, 11) is 2.18. The second-order valence-corrected chi connectivity index (χ2v) is 6.10. The lowest BCUT2D eigenvalue weighted by Gasteiger charge is -2.29. The second kappa shape index (κ2) is 6.32. The number of aliphatic hydroxyl groups excluding tert-OH is 1. The van der Waals surface area contributed by atoms with Gasteiger partial charge in [-0.1, -0.05) is 6.58 Å². The topological polar surface area (TPSA) is 54.2 Å². The molecule has 22 heavy (non-hydrogen) atoms. The van der Waals surface area contributed by atoms with Gasteiger partial charge < -0.3 is 14.6 Å². The molecule has 0 aliphatic carbocycles. The molecule has 0 amide bonds. The monoisotopic (exact) mass is 298 g/mol. The van der Waals surface area contributed by atoms with Gasteiger partial charge in [0, 0.05) is 31.0 Å². The Morgan fingerprint density at radius 3 is 3.05 bits per heavy atom. The van der Waals surface area contributed by atoms with Crippen LogP contribution in [0.2, 0.25) is 0 Å². The summed E-state index contributed by atoms with van der Waals surface area (Å²) in [6, 6.07) is 3.55. The summed E-state index contributed by atoms with van der Waals surface area (Å²) in [6.07, 6.45) is 8.11. The van der Waals surface area contributed by atoms with Crippen molar-refractivity contribution in [2.24, 2.45) is 5.92 Å². The van der Waals surface area contributed by atoms with E-state index < -0.39 is 0 Å². The van der Waals surface area contributed by atoms with Crippen LogP contribution in [0, 0.1) is 5.92 Å². The van der Waals surface area contributed by atoms with Crippen LogP contribution in [-0.2, 0) is 6.54 Å². The summed E-state index contributed by atoms with van der Waals surface area (Å²) < 4.78 is 2.14. The highest BCUT2D eigenvalue weighted by Gasteiger charge is 2.17. The molecule has 1 atom stereocenters. The van der Waals surface area contributed by atoms with Gasteiger partial charge in [0.15, 0.2) is 0 Å². The fraction of sp³-hybridized carbons (Fsp3) is 0.412. The minimum atomic E-state index is 0.0494. The number of rotatable bonds is 4. The zero-order valence-electron chi connectivity index (χ0n) is 12.9. The van der Waals surface area contributed by atoms with Crippen LogP contribution in [0.5, 0.6) is 0 Å². The van der Waals surface area contributed by atoms with Crippen molar-refractivity contribution in [2.45, 2.75) is 19.4 Å². The maximum Gasteiger partial charge on any atom is 0.115 e. The maximum atomic E-state index is 9.49. The van der Waals surface area contributed by atoms with Crippen LogP contribution in [0.1, 0.15) is 18.4 Å². The first-order valence-electron chi connectivity index (χ1n) is 7.67. The molecule has 0 spiro atoms. The van der Waals surface area contributed by atoms with Crippen LogP contribution >= 0.6 is 0 Å². The van der Waals surface area contributed by atoms with E-state index in [1.54, 1.807) is 12.3 Å². The van der Waals surface area contributed by atoms with Crippen LogP contribution in [0.3, 0.4) is 0 Å². The lowest BCUT2D eigenvalue weighted by Crippen LogP contribution is -2.33. The largest absolute Gasteiger partial charge is 0.508 e. The van der Waals surface area contributed by atoms with Crippen molar-refractivity contribution < 1.29 is 5.11 Å². The standard InChI is InChI=1S/C17H22N4O/c1-13(22)15-5-6-18-16(8-15)17-11-21(12-19-17)10-14-4-3-7-20(2)9-14/h5-6,8,11-12,14,22H,1,3-4,7,9-10H2,2H3. The van der Waals surface area contributed by atoms with Gasteiger partial charge >= 0.3 is 0 Å². The van der Waals surface area contributed by atoms with Crippen molar-refractivity contribution in [1.82, 2.24) is 19.4 Å². The lowest BCUT2D eigenvalue weighted by atomic mass is 9.98. The SMILES string of the molecule is C=C(O)c1ccnc(-c2cn(CC3CCCN(C)C3)cn2)c1. The van der Waals surface area contributed by atoms with E-state index in [1.807, 2.05) is 18.6 Å². The molecule has 1 N–H and O–H groups in total. The van der Waals surface area contributed by atoms with Crippen molar-refractivity contribution >= 4 is 5.76 Å². The highest BCUT2D eigenvalue weighted by atomic mass is 16.3. The fourth-order valence-electron chi connectivity index (χ4n) is 3.06. The van der Waals surface area contributed by atoms with Gasteiger partial charge in [0.1, 0.15) is 11.5 Å². The average Bonchev–Trinajstić information content (AvgIpc) is 2.96. The van der Waals surface area contributed by atoms with E-state index in [2.05, 4.69) is 33.1 Å². The van der Waals surface area contributed by atoms with Gasteiger partial charge in [0.05, 0.1) is 12.0 Å². The molecule has 116 valence electrons. The summed E-state index contributed by atoms with van der Waals surface area (Å²) in [5, 5.41) is 9.49. The van der Waals surface area contributed by atoms with Crippen molar-refractivity contribution in [3.8, 4) is 11.4 Å². The van der Waals surface area contributed by atoms with Crippen molar-refractivity contribution in [1.29, 1.82) is 0 Å². The molecule has 1 fully saturated rings. The van der Waals surface area contributed by atoms with Crippen LogP contribution < -0.4 is 0 Å². The molecular weight excluding hydrogens is 276 g/mol. The first kappa shape index (κ1) is 14.8. The Hall–Kier alpha value is -2.14. The van der Waals surface area contributed by atoms with Gasteiger partial charge in [-0.2, -0.15) is 0 Å². The van der Waals surface area contributed by atoms with E-state index in [0.29, 0.717) is 11.5 Å². The number of aliphatic hydroxyl groups is 1. The predicted molar refractivity (Wildman–Crippen MR) is 87.3 cm³/mol. The molecular formula is C17H22N4O. The number of likely N-dealkylation sites (tertiary alicyclic amines) is 1. The van der Waals surface area contributed by atoms with Gasteiger partial charge in [0.25, 0.3) is 0 Å². The van der Waals surface area contributed by atoms with Crippen LogP contribution in [-0.4, -0.2) is 44.7 Å². The molecule has 0 aromatic carbocycles. The number of imidazole rings is 1. The third kappa shape index (κ3) is 3.36. The van der Waals surface area contributed by atoms with Gasteiger partial charge in [-0.25, -0.2) is 4.98 Å². The quantitative estimate of drug-likeness (QED) is 0.882. The molecule has 3 heterocycles. The molecule has 1 saturated heterocycles. The van der Waals surface area contributed by atoms with Crippen molar-refractivity contribution in [3.63, 3.8) is 0 Å². The molecule has 1 aliphatic heterocycles. The number of hydrogen-bond acceptors (Lipinski definition) is 4. The average molecular weight is 298 g/mol. The summed E-state index contributed by atoms with van der Waals surface area (Å²) in [6.45, 7) is 6.88.